The van der Waals surface area contributed by atoms with E-state index in [9.17, 15) is 0 Å². The fraction of sp³-hybridized carbons (Fsp3) is 0. The van der Waals surface area contributed by atoms with Gasteiger partial charge in [-0.25, -0.2) is 0 Å². The Hall–Kier alpha value is -1.44. The van der Waals surface area contributed by atoms with Gasteiger partial charge in [-0.3, -0.25) is 5.32 Å². The Morgan fingerprint density at radius 3 is 3.30 bits per heavy atom. The van der Waals surface area contributed by atoms with E-state index in [1.54, 1.807) is 6.20 Å². The second-order valence-electron chi connectivity index (χ2n) is 2.12. The zero-order valence-electron chi connectivity index (χ0n) is 5.41. The number of hydrogen-bond acceptors (Lipinski definition) is 1. The normalized spacial score (nSPS) is 20.0. The summed E-state index contributed by atoms with van der Waals surface area (Å²) in [6.07, 6.45) is 11.5. The summed E-state index contributed by atoms with van der Waals surface area (Å²) in [6.45, 7) is 0. The molecule has 0 unspecified atom stereocenters. The molecule has 0 aromatic heterocycles. The van der Waals surface area contributed by atoms with E-state index in [2.05, 4.69) is 10.6 Å². The van der Waals surface area contributed by atoms with Crippen LogP contribution in [-0.2, 0) is 0 Å². The third-order valence-corrected chi connectivity index (χ3v) is 1.45. The van der Waals surface area contributed by atoms with Crippen LogP contribution < -0.4 is 10.6 Å². The van der Waals surface area contributed by atoms with Crippen LogP contribution in [0.1, 0.15) is 0 Å². The Morgan fingerprint density at radius 2 is 2.40 bits per heavy atom. The van der Waals surface area contributed by atoms with Crippen molar-refractivity contribution in [2.45, 2.75) is 0 Å². The quantitative estimate of drug-likeness (QED) is 0.521. The molecule has 2 heterocycles. The fourth-order valence-corrected chi connectivity index (χ4v) is 0.956. The summed E-state index contributed by atoms with van der Waals surface area (Å²) >= 11 is 0. The molecule has 10 heavy (non-hydrogen) atoms. The molecular formula is C8H7N2. The van der Waals surface area contributed by atoms with Crippen molar-refractivity contribution in [3.05, 3.63) is 48.1 Å². The summed E-state index contributed by atoms with van der Waals surface area (Å²) in [5.74, 6) is 0. The maximum atomic E-state index is 4.15. The topological polar surface area (TPSA) is 26.1 Å². The number of rotatable bonds is 0. The van der Waals surface area contributed by atoms with Gasteiger partial charge in [0.2, 0.25) is 0 Å². The van der Waals surface area contributed by atoms with Gasteiger partial charge in [0.05, 0.1) is 5.70 Å². The highest BCUT2D eigenvalue weighted by Gasteiger charge is 2.06. The Balaban J connectivity index is 2.39. The molecule has 0 aromatic carbocycles. The van der Waals surface area contributed by atoms with Crippen LogP contribution in [0.3, 0.4) is 0 Å². The highest BCUT2D eigenvalue weighted by atomic mass is 14.9. The largest absolute Gasteiger partial charge is 0.366 e. The van der Waals surface area contributed by atoms with Gasteiger partial charge in [0, 0.05) is 24.2 Å². The van der Waals surface area contributed by atoms with Gasteiger partial charge < -0.3 is 5.32 Å². The van der Waals surface area contributed by atoms with Crippen molar-refractivity contribution >= 4 is 0 Å². The average molecular weight is 131 g/mol. The number of fused-ring (bicyclic) bond motifs is 1. The summed E-state index contributed by atoms with van der Waals surface area (Å²) in [7, 11) is 0. The first-order chi connectivity index (χ1) is 4.97. The van der Waals surface area contributed by atoms with Crippen molar-refractivity contribution in [1.29, 1.82) is 0 Å². The minimum atomic E-state index is 1.00. The zero-order valence-corrected chi connectivity index (χ0v) is 5.41. The maximum Gasteiger partial charge on any atom is 0.0862 e. The van der Waals surface area contributed by atoms with Crippen LogP contribution in [0.25, 0.3) is 0 Å². The first kappa shape index (κ1) is 5.35. The van der Waals surface area contributed by atoms with Gasteiger partial charge in [0.25, 0.3) is 0 Å². The Bertz CT molecular complexity index is 256. The summed E-state index contributed by atoms with van der Waals surface area (Å²) in [6, 6.07) is 0. The van der Waals surface area contributed by atoms with E-state index < -0.39 is 0 Å². The van der Waals surface area contributed by atoms with Crippen molar-refractivity contribution in [2.24, 2.45) is 0 Å². The lowest BCUT2D eigenvalue weighted by molar-refractivity contribution is 0.984. The van der Waals surface area contributed by atoms with Crippen molar-refractivity contribution < 1.29 is 0 Å². The van der Waals surface area contributed by atoms with Crippen LogP contribution in [0.4, 0.5) is 0 Å². The predicted molar refractivity (Wildman–Crippen MR) is 39.7 cm³/mol. The smallest absolute Gasteiger partial charge is 0.0862 e. The molecule has 0 spiro atoms. The summed E-state index contributed by atoms with van der Waals surface area (Å²) in [5, 5.41) is 7.12. The third-order valence-electron chi connectivity index (χ3n) is 1.45. The van der Waals surface area contributed by atoms with Crippen LogP contribution >= 0.6 is 0 Å². The average Bonchev–Trinajstić information content (AvgIpc) is 2.05. The molecule has 0 saturated heterocycles. The molecule has 2 heteroatoms. The van der Waals surface area contributed by atoms with E-state index in [4.69, 9.17) is 0 Å². The fourth-order valence-electron chi connectivity index (χ4n) is 0.956. The van der Waals surface area contributed by atoms with Gasteiger partial charge in [0.1, 0.15) is 0 Å². The van der Waals surface area contributed by atoms with Gasteiger partial charge in [0.15, 0.2) is 0 Å². The van der Waals surface area contributed by atoms with Gasteiger partial charge in [-0.15, -0.1) is 0 Å². The van der Waals surface area contributed by atoms with Crippen molar-refractivity contribution in [3.63, 3.8) is 0 Å². The van der Waals surface area contributed by atoms with Gasteiger partial charge in [-0.2, -0.15) is 0 Å². The molecule has 49 valence electrons. The first-order valence-electron chi connectivity index (χ1n) is 3.18. The molecule has 0 atom stereocenters. The first-order valence-corrected chi connectivity index (χ1v) is 3.18. The van der Waals surface area contributed by atoms with E-state index in [1.165, 1.54) is 5.57 Å². The highest BCUT2D eigenvalue weighted by molar-refractivity contribution is 5.45. The molecule has 0 bridgehead atoms. The van der Waals surface area contributed by atoms with Crippen molar-refractivity contribution in [1.82, 2.24) is 10.6 Å². The van der Waals surface area contributed by atoms with Crippen LogP contribution in [0.2, 0.25) is 0 Å². The van der Waals surface area contributed by atoms with E-state index in [1.807, 2.05) is 30.6 Å². The second kappa shape index (κ2) is 2.06. The minimum Gasteiger partial charge on any atom is -0.366 e. The molecule has 2 nitrogen and oxygen atoms in total. The van der Waals surface area contributed by atoms with Crippen molar-refractivity contribution in [2.75, 3.05) is 0 Å². The highest BCUT2D eigenvalue weighted by Crippen LogP contribution is 2.15. The molecule has 0 amide bonds. The van der Waals surface area contributed by atoms with E-state index in [-0.39, 0.29) is 0 Å². The number of allylic oxidation sites excluding steroid dienone is 3. The van der Waals surface area contributed by atoms with Gasteiger partial charge >= 0.3 is 0 Å². The molecule has 1 radical (unpaired) electrons. The lowest BCUT2D eigenvalue weighted by Gasteiger charge is -2.12. The Morgan fingerprint density at radius 1 is 1.40 bits per heavy atom. The Kier molecular flexibility index (Phi) is 1.10. The molecule has 0 fully saturated rings. The lowest BCUT2D eigenvalue weighted by atomic mass is 10.1. The molecular weight excluding hydrogens is 124 g/mol. The van der Waals surface area contributed by atoms with Gasteiger partial charge in [-0.1, -0.05) is 6.08 Å². The maximum absolute atomic E-state index is 4.15. The predicted octanol–water partition coefficient (Wildman–Crippen LogP) is 1.00. The number of hydrogen-bond donors (Lipinski definition) is 1. The third kappa shape index (κ3) is 0.739. The van der Waals surface area contributed by atoms with Crippen molar-refractivity contribution in [3.8, 4) is 0 Å². The molecule has 0 aromatic rings. The summed E-state index contributed by atoms with van der Waals surface area (Å²) in [5.41, 5.74) is 2.17. The van der Waals surface area contributed by atoms with E-state index in [0.29, 0.717) is 0 Å². The number of dihydropyridines is 1. The van der Waals surface area contributed by atoms with Crippen LogP contribution in [0.5, 0.6) is 0 Å². The van der Waals surface area contributed by atoms with Crippen LogP contribution in [-0.4, -0.2) is 0 Å². The molecule has 0 saturated carbocycles. The standard InChI is InChI=1S/C8H7N2/c1-2-7-3-5-9-6-8(7)10-4-1/h1-6,9H. The second-order valence-corrected chi connectivity index (χ2v) is 2.12. The molecule has 0 aliphatic carbocycles. The van der Waals surface area contributed by atoms with E-state index >= 15 is 0 Å². The van der Waals surface area contributed by atoms with E-state index in [0.717, 1.165) is 5.70 Å². The van der Waals surface area contributed by atoms with Crippen LogP contribution in [0, 0.1) is 0 Å². The molecule has 2 rings (SSSR count). The lowest BCUT2D eigenvalue weighted by Crippen LogP contribution is -2.10. The number of nitrogens with one attached hydrogen (secondary N) is 1. The number of nitrogens with zero attached hydrogens (tertiary/aromatic N) is 1. The zero-order chi connectivity index (χ0) is 6.81. The molecule has 2 aliphatic rings. The monoisotopic (exact) mass is 131 g/mol. The van der Waals surface area contributed by atoms with Gasteiger partial charge in [-0.05, 0) is 12.2 Å². The molecule has 2 aliphatic heterocycles. The molecule has 1 N–H and O–H groups in total. The SMILES string of the molecule is C1=C[N]C2=CNC=CC2=C1. The minimum absolute atomic E-state index is 1.00. The summed E-state index contributed by atoms with van der Waals surface area (Å²) < 4.78 is 0. The summed E-state index contributed by atoms with van der Waals surface area (Å²) in [4.78, 5) is 0. The Labute approximate surface area is 59.6 Å². The van der Waals surface area contributed by atoms with Crippen LogP contribution in [0.15, 0.2) is 48.1 Å².